The number of anilines is 1. The van der Waals surface area contributed by atoms with E-state index in [4.69, 9.17) is 0 Å². The zero-order chi connectivity index (χ0) is 20.8. The van der Waals surface area contributed by atoms with Gasteiger partial charge in [-0.05, 0) is 62.9 Å². The number of nitrogens with one attached hydrogen (secondary N) is 2. The number of benzene rings is 2. The van der Waals surface area contributed by atoms with Crippen molar-refractivity contribution in [2.24, 2.45) is 5.92 Å². The summed E-state index contributed by atoms with van der Waals surface area (Å²) in [6.07, 6.45) is 5.80. The van der Waals surface area contributed by atoms with Gasteiger partial charge in [0, 0.05) is 23.7 Å². The van der Waals surface area contributed by atoms with Gasteiger partial charge in [-0.15, -0.1) is 0 Å². The van der Waals surface area contributed by atoms with Gasteiger partial charge in [-0.25, -0.2) is 0 Å². The van der Waals surface area contributed by atoms with Gasteiger partial charge >= 0.3 is 0 Å². The number of carbonyl (C=O) groups is 1. The molecular weight excluding hydrogens is 372 g/mol. The van der Waals surface area contributed by atoms with E-state index < -0.39 is 0 Å². The van der Waals surface area contributed by atoms with Crippen LogP contribution in [0.2, 0.25) is 0 Å². The van der Waals surface area contributed by atoms with Crippen LogP contribution >= 0.6 is 0 Å². The molecule has 5 heteroatoms. The molecule has 1 aliphatic heterocycles. The summed E-state index contributed by atoms with van der Waals surface area (Å²) in [7, 11) is 0. The summed E-state index contributed by atoms with van der Waals surface area (Å²) in [6, 6.07) is 20.4. The van der Waals surface area contributed by atoms with Gasteiger partial charge in [-0.2, -0.15) is 5.10 Å². The van der Waals surface area contributed by atoms with E-state index >= 15 is 0 Å². The van der Waals surface area contributed by atoms with Crippen molar-refractivity contribution in [2.45, 2.75) is 38.6 Å². The minimum absolute atomic E-state index is 0.114. The standard InChI is InChI=1S/C25H30N4O/c1-19(23-18-26-28-25(23)21-8-4-2-5-9-21)29-16-14-20(15-17-29)12-13-24(30)27-22-10-6-3-7-11-22/h2-11,18-20H,12-17H2,1H3,(H,26,28)(H,27,30). The zero-order valence-corrected chi connectivity index (χ0v) is 17.6. The van der Waals surface area contributed by atoms with Crippen LogP contribution in [0.3, 0.4) is 0 Å². The number of H-pyrrole nitrogens is 1. The van der Waals surface area contributed by atoms with Crippen LogP contribution < -0.4 is 5.32 Å². The van der Waals surface area contributed by atoms with E-state index in [2.05, 4.69) is 51.6 Å². The maximum absolute atomic E-state index is 12.2. The fraction of sp³-hybridized carbons (Fsp3) is 0.360. The summed E-state index contributed by atoms with van der Waals surface area (Å²) in [4.78, 5) is 14.8. The lowest BCUT2D eigenvalue weighted by Gasteiger charge is -2.36. The molecule has 2 heterocycles. The summed E-state index contributed by atoms with van der Waals surface area (Å²) >= 11 is 0. The van der Waals surface area contributed by atoms with E-state index in [0.717, 1.165) is 43.7 Å². The number of aromatic amines is 1. The Morgan fingerprint density at radius 3 is 2.47 bits per heavy atom. The third-order valence-electron chi connectivity index (χ3n) is 6.22. The minimum Gasteiger partial charge on any atom is -0.326 e. The molecule has 1 aliphatic rings. The third kappa shape index (κ3) is 4.97. The highest BCUT2D eigenvalue weighted by atomic mass is 16.1. The van der Waals surface area contributed by atoms with Gasteiger partial charge in [0.25, 0.3) is 0 Å². The number of amides is 1. The van der Waals surface area contributed by atoms with Gasteiger partial charge in [0.05, 0.1) is 11.9 Å². The molecule has 0 radical (unpaired) electrons. The number of carbonyl (C=O) groups excluding carboxylic acids is 1. The Bertz CT molecular complexity index is 930. The largest absolute Gasteiger partial charge is 0.326 e. The molecule has 2 aromatic carbocycles. The van der Waals surface area contributed by atoms with Crippen LogP contribution in [0.1, 0.15) is 44.2 Å². The van der Waals surface area contributed by atoms with Gasteiger partial charge in [-0.3, -0.25) is 14.8 Å². The van der Waals surface area contributed by atoms with Gasteiger partial charge in [0.2, 0.25) is 5.91 Å². The Balaban J connectivity index is 1.27. The molecule has 0 bridgehead atoms. The average molecular weight is 403 g/mol. The highest BCUT2D eigenvalue weighted by molar-refractivity contribution is 5.90. The Hall–Kier alpha value is -2.92. The van der Waals surface area contributed by atoms with Crippen LogP contribution in [0, 0.1) is 5.92 Å². The first kappa shape index (κ1) is 20.4. The number of likely N-dealkylation sites (tertiary alicyclic amines) is 1. The number of piperidine rings is 1. The summed E-state index contributed by atoms with van der Waals surface area (Å²) < 4.78 is 0. The van der Waals surface area contributed by atoms with Gasteiger partial charge in [-0.1, -0.05) is 48.5 Å². The molecule has 4 rings (SSSR count). The molecule has 30 heavy (non-hydrogen) atoms. The summed E-state index contributed by atoms with van der Waals surface area (Å²) in [5, 5.41) is 10.5. The number of rotatable bonds is 7. The van der Waals surface area contributed by atoms with Crippen LogP contribution in [0.25, 0.3) is 11.3 Å². The highest BCUT2D eigenvalue weighted by Gasteiger charge is 2.26. The second-order valence-electron chi connectivity index (χ2n) is 8.17. The Morgan fingerprint density at radius 2 is 1.77 bits per heavy atom. The van der Waals surface area contributed by atoms with Crippen LogP contribution in [0.15, 0.2) is 66.9 Å². The summed E-state index contributed by atoms with van der Waals surface area (Å²) in [6.45, 7) is 4.39. The SMILES string of the molecule is CC(c1cn[nH]c1-c1ccccc1)N1CCC(CCC(=O)Nc2ccccc2)CC1. The molecule has 0 aliphatic carbocycles. The number of hydrogen-bond donors (Lipinski definition) is 2. The van der Waals surface area contributed by atoms with E-state index in [1.807, 2.05) is 42.6 Å². The van der Waals surface area contributed by atoms with Crippen molar-refractivity contribution >= 4 is 11.6 Å². The second kappa shape index (κ2) is 9.72. The maximum Gasteiger partial charge on any atom is 0.224 e. The fourth-order valence-corrected chi connectivity index (χ4v) is 4.35. The number of para-hydroxylation sites is 1. The molecule has 0 spiro atoms. The predicted octanol–water partition coefficient (Wildman–Crippen LogP) is 5.27. The molecule has 1 unspecified atom stereocenters. The lowest BCUT2D eigenvalue weighted by molar-refractivity contribution is -0.116. The van der Waals surface area contributed by atoms with Crippen molar-refractivity contribution in [1.29, 1.82) is 0 Å². The zero-order valence-electron chi connectivity index (χ0n) is 17.6. The normalized spacial score (nSPS) is 16.3. The Labute approximate surface area is 178 Å². The number of nitrogens with zero attached hydrogens (tertiary/aromatic N) is 2. The van der Waals surface area contributed by atoms with Crippen molar-refractivity contribution in [2.75, 3.05) is 18.4 Å². The third-order valence-corrected chi connectivity index (χ3v) is 6.22. The Morgan fingerprint density at radius 1 is 1.10 bits per heavy atom. The predicted molar refractivity (Wildman–Crippen MR) is 121 cm³/mol. The van der Waals surface area contributed by atoms with E-state index in [1.54, 1.807) is 0 Å². The van der Waals surface area contributed by atoms with Crippen LogP contribution in [0.4, 0.5) is 5.69 Å². The summed E-state index contributed by atoms with van der Waals surface area (Å²) in [5.74, 6) is 0.732. The number of hydrogen-bond acceptors (Lipinski definition) is 3. The maximum atomic E-state index is 12.2. The van der Waals surface area contributed by atoms with E-state index in [-0.39, 0.29) is 5.91 Å². The lowest BCUT2D eigenvalue weighted by atomic mass is 9.90. The number of aromatic nitrogens is 2. The van der Waals surface area contributed by atoms with E-state index in [1.165, 1.54) is 11.1 Å². The average Bonchev–Trinajstić information content (AvgIpc) is 3.29. The lowest BCUT2D eigenvalue weighted by Crippen LogP contribution is -2.36. The van der Waals surface area contributed by atoms with Gasteiger partial charge in [0.15, 0.2) is 0 Å². The topological polar surface area (TPSA) is 61.0 Å². The van der Waals surface area contributed by atoms with Crippen LogP contribution in [-0.2, 0) is 4.79 Å². The molecule has 2 N–H and O–H groups in total. The molecule has 1 amide bonds. The first-order valence-corrected chi connectivity index (χ1v) is 10.9. The van der Waals surface area contributed by atoms with Crippen molar-refractivity contribution in [1.82, 2.24) is 15.1 Å². The molecule has 1 saturated heterocycles. The minimum atomic E-state index is 0.114. The highest BCUT2D eigenvalue weighted by Crippen LogP contribution is 2.33. The molecule has 3 aromatic rings. The van der Waals surface area contributed by atoms with Crippen molar-refractivity contribution in [3.8, 4) is 11.3 Å². The molecule has 1 atom stereocenters. The van der Waals surface area contributed by atoms with E-state index in [0.29, 0.717) is 18.4 Å². The van der Waals surface area contributed by atoms with Crippen LogP contribution in [-0.4, -0.2) is 34.1 Å². The summed E-state index contributed by atoms with van der Waals surface area (Å²) in [5.41, 5.74) is 4.42. The van der Waals surface area contributed by atoms with Crippen molar-refractivity contribution < 1.29 is 4.79 Å². The van der Waals surface area contributed by atoms with E-state index in [9.17, 15) is 4.79 Å². The molecule has 5 nitrogen and oxygen atoms in total. The van der Waals surface area contributed by atoms with Crippen LogP contribution in [0.5, 0.6) is 0 Å². The molecular formula is C25H30N4O. The van der Waals surface area contributed by atoms with Crippen molar-refractivity contribution in [3.05, 3.63) is 72.4 Å². The molecule has 1 fully saturated rings. The molecule has 0 saturated carbocycles. The second-order valence-corrected chi connectivity index (χ2v) is 8.17. The first-order valence-electron chi connectivity index (χ1n) is 10.9. The van der Waals surface area contributed by atoms with Crippen molar-refractivity contribution in [3.63, 3.8) is 0 Å². The molecule has 1 aromatic heterocycles. The fourth-order valence-electron chi connectivity index (χ4n) is 4.35. The first-order chi connectivity index (χ1) is 14.7. The monoisotopic (exact) mass is 402 g/mol. The molecule has 156 valence electrons. The van der Waals surface area contributed by atoms with Gasteiger partial charge in [0.1, 0.15) is 0 Å². The quantitative estimate of drug-likeness (QED) is 0.566. The smallest absolute Gasteiger partial charge is 0.224 e. The van der Waals surface area contributed by atoms with Gasteiger partial charge < -0.3 is 5.32 Å². The Kier molecular flexibility index (Phi) is 6.60.